The smallest absolute Gasteiger partial charge is 0.319 e. The molecule has 1 amide bonds. The van der Waals surface area contributed by atoms with Gasteiger partial charge < -0.3 is 14.5 Å². The zero-order valence-electron chi connectivity index (χ0n) is 22.3. The Bertz CT molecular complexity index is 1430. The van der Waals surface area contributed by atoms with Crippen molar-refractivity contribution < 1.29 is 27.1 Å². The van der Waals surface area contributed by atoms with Crippen molar-refractivity contribution in [1.82, 2.24) is 19.8 Å². The third-order valence-corrected chi connectivity index (χ3v) is 7.71. The van der Waals surface area contributed by atoms with E-state index >= 15 is 4.39 Å². The summed E-state index contributed by atoms with van der Waals surface area (Å²) in [5.41, 5.74) is -0.197. The molecule has 0 bridgehead atoms. The first-order chi connectivity index (χ1) is 19.0. The highest BCUT2D eigenvalue weighted by Gasteiger charge is 2.37. The molecule has 0 spiro atoms. The average Bonchev–Trinajstić information content (AvgIpc) is 3.25. The lowest BCUT2D eigenvalue weighted by atomic mass is 10.0. The van der Waals surface area contributed by atoms with Crippen LogP contribution >= 0.6 is 11.6 Å². The van der Waals surface area contributed by atoms with Gasteiger partial charge in [0.15, 0.2) is 5.82 Å². The van der Waals surface area contributed by atoms with Crippen LogP contribution in [0.3, 0.4) is 0 Å². The Hall–Kier alpha value is -3.18. The molecule has 40 heavy (non-hydrogen) atoms. The average molecular weight is 580 g/mol. The largest absolute Gasteiger partial charge is 0.463 e. The van der Waals surface area contributed by atoms with Crippen molar-refractivity contribution in [2.24, 2.45) is 0 Å². The van der Waals surface area contributed by atoms with E-state index in [4.69, 9.17) is 16.3 Å². The summed E-state index contributed by atoms with van der Waals surface area (Å²) in [5, 5.41) is 0.337. The Morgan fingerprint density at radius 1 is 1.18 bits per heavy atom. The monoisotopic (exact) mass is 579 g/mol. The van der Waals surface area contributed by atoms with E-state index in [-0.39, 0.29) is 59.2 Å². The van der Waals surface area contributed by atoms with Crippen molar-refractivity contribution in [2.75, 3.05) is 50.8 Å². The number of hydrogen-bond donors (Lipinski definition) is 0. The van der Waals surface area contributed by atoms with E-state index in [0.717, 1.165) is 0 Å². The van der Waals surface area contributed by atoms with Gasteiger partial charge in [0.1, 0.15) is 17.2 Å². The maximum atomic E-state index is 16.1. The van der Waals surface area contributed by atoms with Gasteiger partial charge in [-0.2, -0.15) is 9.97 Å². The van der Waals surface area contributed by atoms with Crippen LogP contribution in [0, 0.1) is 11.6 Å². The Kier molecular flexibility index (Phi) is 8.05. The number of piperazine rings is 1. The molecule has 3 aromatic rings. The van der Waals surface area contributed by atoms with Crippen LogP contribution in [0.2, 0.25) is 5.02 Å². The van der Waals surface area contributed by atoms with Crippen LogP contribution < -0.4 is 9.64 Å². The molecule has 0 saturated carbocycles. The van der Waals surface area contributed by atoms with Gasteiger partial charge in [-0.15, -0.1) is 0 Å². The predicted molar refractivity (Wildman–Crippen MR) is 145 cm³/mol. The molecule has 7 nitrogen and oxygen atoms in total. The Morgan fingerprint density at radius 3 is 2.62 bits per heavy atom. The first kappa shape index (κ1) is 28.4. The number of carbonyl (C=O) groups excluding carboxylic acids is 1. The first-order valence-corrected chi connectivity index (χ1v) is 13.6. The number of rotatable bonds is 7. The van der Waals surface area contributed by atoms with Crippen molar-refractivity contribution in [3.05, 3.63) is 47.0 Å². The molecule has 2 aromatic carbocycles. The Balaban J connectivity index is 1.48. The molecular weight excluding hydrogens is 550 g/mol. The minimum Gasteiger partial charge on any atom is -0.463 e. The molecule has 214 valence electrons. The van der Waals surface area contributed by atoms with Gasteiger partial charge in [-0.3, -0.25) is 9.69 Å². The highest BCUT2D eigenvalue weighted by atomic mass is 35.5. The number of likely N-dealkylation sites (tertiary alicyclic amines) is 1. The topological polar surface area (TPSA) is 61.8 Å². The number of aromatic nitrogens is 2. The molecule has 2 saturated heterocycles. The van der Waals surface area contributed by atoms with E-state index < -0.39 is 17.6 Å². The van der Waals surface area contributed by atoms with Crippen LogP contribution in [-0.2, 0) is 4.79 Å². The van der Waals surface area contributed by atoms with Crippen molar-refractivity contribution >= 4 is 34.2 Å². The van der Waals surface area contributed by atoms with Gasteiger partial charge >= 0.3 is 6.01 Å². The molecule has 2 aliphatic rings. The molecular formula is C28H30ClF4N5O2. The van der Waals surface area contributed by atoms with Gasteiger partial charge in [-0.1, -0.05) is 29.8 Å². The normalized spacial score (nSPS) is 19.4. The zero-order valence-corrected chi connectivity index (χ0v) is 23.0. The third kappa shape index (κ3) is 5.81. The van der Waals surface area contributed by atoms with E-state index in [1.807, 2.05) is 11.8 Å². The highest BCUT2D eigenvalue weighted by molar-refractivity contribution is 6.34. The van der Waals surface area contributed by atoms with E-state index in [9.17, 15) is 18.0 Å². The van der Waals surface area contributed by atoms with Gasteiger partial charge in [0.2, 0.25) is 5.91 Å². The fraction of sp³-hybridized carbons (Fsp3) is 0.464. The first-order valence-electron chi connectivity index (χ1n) is 13.2. The maximum absolute atomic E-state index is 16.1. The van der Waals surface area contributed by atoms with E-state index in [0.29, 0.717) is 50.3 Å². The molecule has 12 heteroatoms. The summed E-state index contributed by atoms with van der Waals surface area (Å²) >= 11 is 6.52. The summed E-state index contributed by atoms with van der Waals surface area (Å²) in [5.74, 6) is -3.76. The zero-order chi connectivity index (χ0) is 28.6. The second kappa shape index (κ2) is 11.4. The van der Waals surface area contributed by atoms with Gasteiger partial charge in [0, 0.05) is 68.6 Å². The van der Waals surface area contributed by atoms with Crippen LogP contribution in [0.5, 0.6) is 6.01 Å². The lowest BCUT2D eigenvalue weighted by molar-refractivity contribution is -0.131. The van der Waals surface area contributed by atoms with E-state index in [1.165, 1.54) is 31.2 Å². The van der Waals surface area contributed by atoms with Crippen LogP contribution in [0.25, 0.3) is 22.0 Å². The standard InChI is InChI=1S/C28H30ClF4N5O2/c1-17-15-37(11-12-38(17)18(2)39)26-20-14-21(29)23(19-6-3-4-7-22(19)30)24(31)25(20)34-27(35-26)40-13-5-9-36-10-8-28(32,33)16-36/h3-4,6-7,14,17H,5,8-13,15-16H2,1-2H3. The number of fused-ring (bicyclic) bond motifs is 1. The minimum absolute atomic E-state index is 0.000593. The molecule has 1 unspecified atom stereocenters. The van der Waals surface area contributed by atoms with Crippen LogP contribution in [-0.4, -0.2) is 83.5 Å². The van der Waals surface area contributed by atoms with Crippen molar-refractivity contribution in [1.29, 1.82) is 0 Å². The summed E-state index contributed by atoms with van der Waals surface area (Å²) in [6, 6.07) is 7.06. The number of anilines is 1. The van der Waals surface area contributed by atoms with Gasteiger partial charge in [0.25, 0.3) is 5.92 Å². The van der Waals surface area contributed by atoms with Gasteiger partial charge in [0.05, 0.1) is 18.2 Å². The van der Waals surface area contributed by atoms with Gasteiger partial charge in [-0.05, 0) is 25.5 Å². The van der Waals surface area contributed by atoms with Crippen molar-refractivity contribution in [3.8, 4) is 17.1 Å². The quantitative estimate of drug-likeness (QED) is 0.276. The summed E-state index contributed by atoms with van der Waals surface area (Å²) in [6.45, 7) is 5.34. The number of alkyl halides is 2. The van der Waals surface area contributed by atoms with Crippen LogP contribution in [0.15, 0.2) is 30.3 Å². The Labute approximate surface area is 234 Å². The number of carbonyl (C=O) groups is 1. The fourth-order valence-electron chi connectivity index (χ4n) is 5.44. The molecule has 1 atom stereocenters. The number of benzene rings is 2. The van der Waals surface area contributed by atoms with E-state index in [1.54, 1.807) is 15.9 Å². The molecule has 0 N–H and O–H groups in total. The molecule has 2 aliphatic heterocycles. The molecule has 2 fully saturated rings. The lowest BCUT2D eigenvalue weighted by Gasteiger charge is -2.40. The number of nitrogens with zero attached hydrogens (tertiary/aromatic N) is 5. The fourth-order valence-corrected chi connectivity index (χ4v) is 5.74. The summed E-state index contributed by atoms with van der Waals surface area (Å²) < 4.78 is 63.5. The maximum Gasteiger partial charge on any atom is 0.319 e. The molecule has 5 rings (SSSR count). The minimum atomic E-state index is -2.67. The predicted octanol–water partition coefficient (Wildman–Crippen LogP) is 5.40. The molecule has 3 heterocycles. The number of amides is 1. The van der Waals surface area contributed by atoms with Crippen molar-refractivity contribution in [2.45, 2.75) is 38.7 Å². The number of halogens is 5. The molecule has 1 aromatic heterocycles. The van der Waals surface area contributed by atoms with E-state index in [2.05, 4.69) is 9.97 Å². The summed E-state index contributed by atoms with van der Waals surface area (Å²) in [4.78, 5) is 26.3. The SMILES string of the molecule is CC(=O)N1CCN(c2nc(OCCCN3CCC(F)(F)C3)nc3c(F)c(-c4ccccc4F)c(Cl)cc23)CC1C. The second-order valence-electron chi connectivity index (χ2n) is 10.3. The highest BCUT2D eigenvalue weighted by Crippen LogP contribution is 2.40. The lowest BCUT2D eigenvalue weighted by Crippen LogP contribution is -2.53. The van der Waals surface area contributed by atoms with Crippen molar-refractivity contribution in [3.63, 3.8) is 0 Å². The number of ether oxygens (including phenoxy) is 1. The summed E-state index contributed by atoms with van der Waals surface area (Å²) in [6.07, 6.45) is 0.289. The third-order valence-electron chi connectivity index (χ3n) is 7.42. The Morgan fingerprint density at radius 2 is 1.95 bits per heavy atom. The molecule has 0 aliphatic carbocycles. The van der Waals surface area contributed by atoms with Crippen LogP contribution in [0.1, 0.15) is 26.7 Å². The molecule has 0 radical (unpaired) electrons. The second-order valence-corrected chi connectivity index (χ2v) is 10.8. The van der Waals surface area contributed by atoms with Gasteiger partial charge in [-0.25, -0.2) is 17.6 Å². The van der Waals surface area contributed by atoms with Crippen LogP contribution in [0.4, 0.5) is 23.4 Å². The summed E-state index contributed by atoms with van der Waals surface area (Å²) in [7, 11) is 0. The number of hydrogen-bond acceptors (Lipinski definition) is 6.